The third-order valence-corrected chi connectivity index (χ3v) is 4.36. The number of carbonyl (C=O) groups excluding carboxylic acids is 1. The maximum Gasteiger partial charge on any atom is 0.220 e. The molecule has 2 heterocycles. The number of hydrogen-bond acceptors (Lipinski definition) is 2. The molecule has 0 aliphatic heterocycles. The number of pyridine rings is 1. The number of aromatic nitrogens is 2. The largest absolute Gasteiger partial charge is 0.358 e. The van der Waals surface area contributed by atoms with Gasteiger partial charge in [0.2, 0.25) is 5.91 Å². The Kier molecular flexibility index (Phi) is 4.94. The van der Waals surface area contributed by atoms with Crippen LogP contribution in [-0.4, -0.2) is 22.4 Å². The average Bonchev–Trinajstić information content (AvgIpc) is 2.89. The molecule has 0 bridgehead atoms. The number of carbonyl (C=O) groups is 1. The predicted octanol–water partition coefficient (Wildman–Crippen LogP) is 3.47. The Hall–Kier alpha value is -2.62. The molecule has 3 aromatic rings. The van der Waals surface area contributed by atoms with E-state index in [1.54, 1.807) is 12.4 Å². The van der Waals surface area contributed by atoms with Crippen LogP contribution in [0.3, 0.4) is 0 Å². The number of H-pyrrole nitrogens is 1. The van der Waals surface area contributed by atoms with Crippen LogP contribution in [0.25, 0.3) is 10.9 Å². The van der Waals surface area contributed by atoms with Gasteiger partial charge in [-0.25, -0.2) is 0 Å². The Bertz CT molecular complexity index is 837. The highest BCUT2D eigenvalue weighted by molar-refractivity contribution is 5.85. The molecule has 0 atom stereocenters. The molecule has 0 radical (unpaired) electrons. The molecule has 0 unspecified atom stereocenters. The van der Waals surface area contributed by atoms with Crippen molar-refractivity contribution >= 4 is 16.8 Å². The van der Waals surface area contributed by atoms with Crippen molar-refractivity contribution in [2.75, 3.05) is 6.54 Å². The van der Waals surface area contributed by atoms with E-state index in [2.05, 4.69) is 47.3 Å². The second-order valence-electron chi connectivity index (χ2n) is 6.23. The number of nitrogens with zero attached hydrogens (tertiary/aromatic N) is 1. The highest BCUT2D eigenvalue weighted by Gasteiger charge is 2.09. The molecule has 4 nitrogen and oxygen atoms in total. The number of amides is 1. The van der Waals surface area contributed by atoms with Gasteiger partial charge in [-0.1, -0.05) is 11.6 Å². The van der Waals surface area contributed by atoms with Crippen molar-refractivity contribution in [3.05, 3.63) is 65.1 Å². The summed E-state index contributed by atoms with van der Waals surface area (Å²) in [5.41, 5.74) is 6.04. The van der Waals surface area contributed by atoms with E-state index in [9.17, 15) is 4.79 Å². The second kappa shape index (κ2) is 7.30. The van der Waals surface area contributed by atoms with Crippen molar-refractivity contribution in [3.8, 4) is 0 Å². The number of fused-ring (bicyclic) bond motifs is 1. The monoisotopic (exact) mass is 321 g/mol. The Morgan fingerprint density at radius 2 is 1.92 bits per heavy atom. The lowest BCUT2D eigenvalue weighted by atomic mass is 10.1. The molecule has 0 spiro atoms. The van der Waals surface area contributed by atoms with E-state index in [-0.39, 0.29) is 5.91 Å². The van der Waals surface area contributed by atoms with Crippen molar-refractivity contribution < 1.29 is 4.79 Å². The lowest BCUT2D eigenvalue weighted by Crippen LogP contribution is -2.26. The van der Waals surface area contributed by atoms with Crippen molar-refractivity contribution in [1.29, 1.82) is 0 Å². The minimum Gasteiger partial charge on any atom is -0.358 e. The van der Waals surface area contributed by atoms with E-state index in [4.69, 9.17) is 0 Å². The molecule has 0 aliphatic carbocycles. The van der Waals surface area contributed by atoms with Crippen molar-refractivity contribution in [1.82, 2.24) is 15.3 Å². The first kappa shape index (κ1) is 16.2. The van der Waals surface area contributed by atoms with Gasteiger partial charge in [0.15, 0.2) is 0 Å². The summed E-state index contributed by atoms with van der Waals surface area (Å²) < 4.78 is 0. The van der Waals surface area contributed by atoms with Crippen LogP contribution < -0.4 is 5.32 Å². The maximum absolute atomic E-state index is 12.0. The quantitative estimate of drug-likeness (QED) is 0.730. The number of aryl methyl sites for hydroxylation is 3. The van der Waals surface area contributed by atoms with E-state index >= 15 is 0 Å². The van der Waals surface area contributed by atoms with Gasteiger partial charge in [0, 0.05) is 42.0 Å². The minimum absolute atomic E-state index is 0.0977. The van der Waals surface area contributed by atoms with Gasteiger partial charge >= 0.3 is 0 Å². The number of hydrogen-bond donors (Lipinski definition) is 2. The van der Waals surface area contributed by atoms with Crippen molar-refractivity contribution in [2.45, 2.75) is 33.1 Å². The second-order valence-corrected chi connectivity index (χ2v) is 6.23. The van der Waals surface area contributed by atoms with Crippen LogP contribution in [0.5, 0.6) is 0 Å². The lowest BCUT2D eigenvalue weighted by Gasteiger charge is -2.06. The van der Waals surface area contributed by atoms with Gasteiger partial charge in [-0.05, 0) is 62.1 Å². The van der Waals surface area contributed by atoms with Crippen molar-refractivity contribution in [2.24, 2.45) is 0 Å². The summed E-state index contributed by atoms with van der Waals surface area (Å²) in [7, 11) is 0. The summed E-state index contributed by atoms with van der Waals surface area (Å²) in [6.07, 6.45) is 5.62. The Morgan fingerprint density at radius 1 is 1.12 bits per heavy atom. The highest BCUT2D eigenvalue weighted by Crippen LogP contribution is 2.23. The molecule has 4 heteroatoms. The smallest absolute Gasteiger partial charge is 0.220 e. The normalized spacial score (nSPS) is 10.9. The van der Waals surface area contributed by atoms with Gasteiger partial charge in [-0.2, -0.15) is 0 Å². The van der Waals surface area contributed by atoms with Crippen LogP contribution in [0.2, 0.25) is 0 Å². The number of aromatic amines is 1. The van der Waals surface area contributed by atoms with E-state index < -0.39 is 0 Å². The SMILES string of the molecule is Cc1ccc2[nH]c(C)c(CCNC(=O)CCc3ccncc3)c2c1. The van der Waals surface area contributed by atoms with Crippen LogP contribution in [0.15, 0.2) is 42.7 Å². The topological polar surface area (TPSA) is 57.8 Å². The third kappa shape index (κ3) is 3.82. The number of nitrogens with one attached hydrogen (secondary N) is 2. The molecular formula is C20H23N3O. The third-order valence-electron chi connectivity index (χ3n) is 4.36. The van der Waals surface area contributed by atoms with Crippen LogP contribution in [0.4, 0.5) is 0 Å². The molecule has 0 fully saturated rings. The Balaban J connectivity index is 1.54. The lowest BCUT2D eigenvalue weighted by molar-refractivity contribution is -0.121. The van der Waals surface area contributed by atoms with Crippen molar-refractivity contribution in [3.63, 3.8) is 0 Å². The van der Waals surface area contributed by atoms with Gasteiger partial charge in [-0.3, -0.25) is 9.78 Å². The standard InChI is InChI=1S/C20H23N3O/c1-14-3-5-19-18(13-14)17(15(2)23-19)9-12-22-20(24)6-4-16-7-10-21-11-8-16/h3,5,7-8,10-11,13,23H,4,6,9,12H2,1-2H3,(H,22,24). The first-order chi connectivity index (χ1) is 11.6. The summed E-state index contributed by atoms with van der Waals surface area (Å²) in [5, 5.41) is 4.29. The van der Waals surface area contributed by atoms with Gasteiger partial charge in [0.1, 0.15) is 0 Å². The summed E-state index contributed by atoms with van der Waals surface area (Å²) in [6.45, 7) is 4.86. The molecule has 124 valence electrons. The first-order valence-electron chi connectivity index (χ1n) is 8.37. The number of benzene rings is 1. The molecule has 24 heavy (non-hydrogen) atoms. The molecule has 3 rings (SSSR count). The minimum atomic E-state index is 0.0977. The zero-order chi connectivity index (χ0) is 16.9. The van der Waals surface area contributed by atoms with Gasteiger partial charge in [0.25, 0.3) is 0 Å². The summed E-state index contributed by atoms with van der Waals surface area (Å²) in [6, 6.07) is 10.3. The molecule has 0 saturated carbocycles. The highest BCUT2D eigenvalue weighted by atomic mass is 16.1. The summed E-state index contributed by atoms with van der Waals surface area (Å²) in [4.78, 5) is 19.4. The van der Waals surface area contributed by atoms with Gasteiger partial charge in [-0.15, -0.1) is 0 Å². The fraction of sp³-hybridized carbons (Fsp3) is 0.300. The molecule has 2 N–H and O–H groups in total. The predicted molar refractivity (Wildman–Crippen MR) is 97.0 cm³/mol. The van der Waals surface area contributed by atoms with E-state index in [1.807, 2.05) is 12.1 Å². The van der Waals surface area contributed by atoms with E-state index in [1.165, 1.54) is 22.2 Å². The fourth-order valence-corrected chi connectivity index (χ4v) is 3.04. The Morgan fingerprint density at radius 3 is 2.71 bits per heavy atom. The van der Waals surface area contributed by atoms with Gasteiger partial charge < -0.3 is 10.3 Å². The Labute approximate surface area is 142 Å². The molecular weight excluding hydrogens is 298 g/mol. The summed E-state index contributed by atoms with van der Waals surface area (Å²) >= 11 is 0. The maximum atomic E-state index is 12.0. The van der Waals surface area contributed by atoms with E-state index in [0.29, 0.717) is 13.0 Å². The van der Waals surface area contributed by atoms with Crippen LogP contribution in [0, 0.1) is 13.8 Å². The molecule has 0 aliphatic rings. The average molecular weight is 321 g/mol. The summed E-state index contributed by atoms with van der Waals surface area (Å²) in [5.74, 6) is 0.0977. The van der Waals surface area contributed by atoms with Gasteiger partial charge in [0.05, 0.1) is 0 Å². The number of rotatable bonds is 6. The first-order valence-corrected chi connectivity index (χ1v) is 8.37. The molecule has 1 amide bonds. The zero-order valence-electron chi connectivity index (χ0n) is 14.2. The molecule has 2 aromatic heterocycles. The fourth-order valence-electron chi connectivity index (χ4n) is 3.04. The molecule has 1 aromatic carbocycles. The van der Waals surface area contributed by atoms with Crippen LogP contribution in [-0.2, 0) is 17.6 Å². The van der Waals surface area contributed by atoms with E-state index in [0.717, 1.165) is 23.9 Å². The van der Waals surface area contributed by atoms with Crippen LogP contribution in [0.1, 0.15) is 28.8 Å². The zero-order valence-corrected chi connectivity index (χ0v) is 14.2. The van der Waals surface area contributed by atoms with Crippen LogP contribution >= 0.6 is 0 Å². The molecule has 0 saturated heterocycles.